The van der Waals surface area contributed by atoms with Crippen molar-refractivity contribution >= 4 is 11.6 Å². The van der Waals surface area contributed by atoms with Crippen LogP contribution in [0.5, 0.6) is 0 Å². The molecule has 1 aliphatic carbocycles. The predicted octanol–water partition coefficient (Wildman–Crippen LogP) is 3.02. The summed E-state index contributed by atoms with van der Waals surface area (Å²) in [7, 11) is 0. The topological polar surface area (TPSA) is 41.1 Å². The highest BCUT2D eigenvalue weighted by molar-refractivity contribution is 5.92. The molecule has 2 N–H and O–H groups in total. The van der Waals surface area contributed by atoms with Gasteiger partial charge in [-0.3, -0.25) is 4.79 Å². The van der Waals surface area contributed by atoms with Crippen LogP contribution in [0, 0.1) is 6.92 Å². The first-order valence-corrected chi connectivity index (χ1v) is 7.00. The molecule has 3 heteroatoms. The van der Waals surface area contributed by atoms with E-state index in [-0.39, 0.29) is 5.91 Å². The molecule has 0 bridgehead atoms. The first kappa shape index (κ1) is 13.8. The first-order valence-electron chi connectivity index (χ1n) is 7.00. The molecule has 0 aromatic heterocycles. The molecule has 3 nitrogen and oxygen atoms in total. The number of rotatable bonds is 6. The molecule has 0 unspecified atom stereocenters. The molecule has 1 aliphatic rings. The maximum atomic E-state index is 11.8. The lowest BCUT2D eigenvalue weighted by Gasteiger charge is -2.09. The molecule has 1 aromatic carbocycles. The van der Waals surface area contributed by atoms with Crippen LogP contribution in [0.1, 0.15) is 31.2 Å². The quantitative estimate of drug-likeness (QED) is 0.608. The summed E-state index contributed by atoms with van der Waals surface area (Å²) < 4.78 is 0. The van der Waals surface area contributed by atoms with Crippen molar-refractivity contribution in [3.63, 3.8) is 0 Å². The van der Waals surface area contributed by atoms with Gasteiger partial charge in [0.25, 0.3) is 0 Å². The van der Waals surface area contributed by atoms with Gasteiger partial charge >= 0.3 is 0 Å². The normalized spacial score (nSPS) is 14.3. The molecule has 0 heterocycles. The zero-order valence-corrected chi connectivity index (χ0v) is 11.5. The van der Waals surface area contributed by atoms with Crippen molar-refractivity contribution in [3.8, 4) is 0 Å². The smallest absolute Gasteiger partial charge is 0.238 e. The molecule has 0 fully saturated rings. The molecule has 0 spiro atoms. The summed E-state index contributed by atoms with van der Waals surface area (Å²) in [5, 5.41) is 6.12. The molecule has 102 valence electrons. The van der Waals surface area contributed by atoms with Crippen LogP contribution in [0.2, 0.25) is 0 Å². The lowest BCUT2D eigenvalue weighted by Crippen LogP contribution is -2.29. The molecule has 1 aromatic rings. The standard InChI is InChI=1S/C16H22N2O/c1-13-6-2-5-9-15(13)18-16(19)12-17-11-10-14-7-3-4-8-14/h2,5-7,9,17H,3-4,8,10-12H2,1H3,(H,18,19). The molecule has 0 radical (unpaired) electrons. The predicted molar refractivity (Wildman–Crippen MR) is 79.2 cm³/mol. The number of carbonyl (C=O) groups excluding carboxylic acids is 1. The second-order valence-corrected chi connectivity index (χ2v) is 5.04. The van der Waals surface area contributed by atoms with Crippen molar-refractivity contribution in [1.82, 2.24) is 5.32 Å². The van der Waals surface area contributed by atoms with E-state index >= 15 is 0 Å². The van der Waals surface area contributed by atoms with Gasteiger partial charge in [-0.25, -0.2) is 0 Å². The second kappa shape index (κ2) is 7.10. The summed E-state index contributed by atoms with van der Waals surface area (Å²) >= 11 is 0. The third-order valence-electron chi connectivity index (χ3n) is 3.46. The number of anilines is 1. The molecule has 19 heavy (non-hydrogen) atoms. The van der Waals surface area contributed by atoms with Gasteiger partial charge in [0.15, 0.2) is 0 Å². The highest BCUT2D eigenvalue weighted by Crippen LogP contribution is 2.19. The molecule has 0 atom stereocenters. The molecule has 0 saturated carbocycles. The van der Waals surface area contributed by atoms with Crippen molar-refractivity contribution in [2.75, 3.05) is 18.4 Å². The maximum Gasteiger partial charge on any atom is 0.238 e. The van der Waals surface area contributed by atoms with E-state index in [1.54, 1.807) is 0 Å². The molecule has 1 amide bonds. The maximum absolute atomic E-state index is 11.8. The molecule has 0 saturated heterocycles. The minimum absolute atomic E-state index is 0.0229. The largest absolute Gasteiger partial charge is 0.325 e. The Kier molecular flexibility index (Phi) is 5.16. The Labute approximate surface area is 115 Å². The van der Waals surface area contributed by atoms with E-state index in [4.69, 9.17) is 0 Å². The Morgan fingerprint density at radius 2 is 2.16 bits per heavy atom. The highest BCUT2D eigenvalue weighted by Gasteiger charge is 2.06. The number of benzene rings is 1. The Balaban J connectivity index is 1.66. The number of hydrogen-bond acceptors (Lipinski definition) is 2. The number of hydrogen-bond donors (Lipinski definition) is 2. The average Bonchev–Trinajstić information content (AvgIpc) is 2.91. The van der Waals surface area contributed by atoms with Crippen LogP contribution >= 0.6 is 0 Å². The SMILES string of the molecule is Cc1ccccc1NC(=O)CNCCC1=CCCC1. The van der Waals surface area contributed by atoms with E-state index in [1.165, 1.54) is 24.8 Å². The van der Waals surface area contributed by atoms with E-state index < -0.39 is 0 Å². The number of carbonyl (C=O) groups is 1. The Hall–Kier alpha value is -1.61. The third kappa shape index (κ3) is 4.52. The fraction of sp³-hybridized carbons (Fsp3) is 0.438. The van der Waals surface area contributed by atoms with Gasteiger partial charge in [0, 0.05) is 5.69 Å². The number of amides is 1. The lowest BCUT2D eigenvalue weighted by molar-refractivity contribution is -0.115. The van der Waals surface area contributed by atoms with Crippen LogP contribution in [0.4, 0.5) is 5.69 Å². The van der Waals surface area contributed by atoms with Crippen LogP contribution in [-0.2, 0) is 4.79 Å². The minimum Gasteiger partial charge on any atom is -0.325 e. The summed E-state index contributed by atoms with van der Waals surface area (Å²) in [6.45, 7) is 3.25. The van der Waals surface area contributed by atoms with Crippen LogP contribution in [0.15, 0.2) is 35.9 Å². The first-order chi connectivity index (χ1) is 9.25. The van der Waals surface area contributed by atoms with Crippen molar-refractivity contribution in [2.45, 2.75) is 32.6 Å². The molecule has 2 rings (SSSR count). The summed E-state index contributed by atoms with van der Waals surface area (Å²) in [5.41, 5.74) is 3.52. The number of nitrogens with one attached hydrogen (secondary N) is 2. The molecular formula is C16H22N2O. The summed E-state index contributed by atoms with van der Waals surface area (Å²) in [6, 6.07) is 7.83. The zero-order chi connectivity index (χ0) is 13.5. The number of aryl methyl sites for hydroxylation is 1. The van der Waals surface area contributed by atoms with Crippen molar-refractivity contribution in [1.29, 1.82) is 0 Å². The number of allylic oxidation sites excluding steroid dienone is 1. The Morgan fingerprint density at radius 1 is 1.32 bits per heavy atom. The van der Waals surface area contributed by atoms with Gasteiger partial charge in [-0.15, -0.1) is 0 Å². The van der Waals surface area contributed by atoms with Crippen molar-refractivity contribution in [2.24, 2.45) is 0 Å². The van der Waals surface area contributed by atoms with Gasteiger partial charge in [0.1, 0.15) is 0 Å². The van der Waals surface area contributed by atoms with Gasteiger partial charge in [0.2, 0.25) is 5.91 Å². The van der Waals surface area contributed by atoms with Crippen LogP contribution in [0.25, 0.3) is 0 Å². The zero-order valence-electron chi connectivity index (χ0n) is 11.5. The second-order valence-electron chi connectivity index (χ2n) is 5.04. The van der Waals surface area contributed by atoms with Crippen molar-refractivity contribution < 1.29 is 4.79 Å². The lowest BCUT2D eigenvalue weighted by atomic mass is 10.2. The monoisotopic (exact) mass is 258 g/mol. The van der Waals surface area contributed by atoms with Gasteiger partial charge in [-0.1, -0.05) is 29.8 Å². The van der Waals surface area contributed by atoms with Gasteiger partial charge in [-0.05, 0) is 50.8 Å². The van der Waals surface area contributed by atoms with Crippen molar-refractivity contribution in [3.05, 3.63) is 41.5 Å². The third-order valence-corrected chi connectivity index (χ3v) is 3.46. The van der Waals surface area contributed by atoms with Gasteiger partial charge in [-0.2, -0.15) is 0 Å². The van der Waals surface area contributed by atoms with E-state index in [0.29, 0.717) is 6.54 Å². The Bertz CT molecular complexity index is 466. The molecule has 0 aliphatic heterocycles. The minimum atomic E-state index is 0.0229. The number of para-hydroxylation sites is 1. The van der Waals surface area contributed by atoms with E-state index in [0.717, 1.165) is 24.2 Å². The Morgan fingerprint density at radius 3 is 2.89 bits per heavy atom. The fourth-order valence-electron chi connectivity index (χ4n) is 2.32. The summed E-state index contributed by atoms with van der Waals surface area (Å²) in [4.78, 5) is 11.8. The van der Waals surface area contributed by atoms with Crippen LogP contribution in [-0.4, -0.2) is 19.0 Å². The summed E-state index contributed by atoms with van der Waals surface area (Å²) in [5.74, 6) is 0.0229. The highest BCUT2D eigenvalue weighted by atomic mass is 16.1. The van der Waals surface area contributed by atoms with E-state index in [2.05, 4.69) is 16.7 Å². The van der Waals surface area contributed by atoms with Crippen LogP contribution < -0.4 is 10.6 Å². The summed E-state index contributed by atoms with van der Waals surface area (Å²) in [6.07, 6.45) is 7.15. The molecular weight excluding hydrogens is 236 g/mol. The van der Waals surface area contributed by atoms with Crippen LogP contribution in [0.3, 0.4) is 0 Å². The van der Waals surface area contributed by atoms with E-state index in [9.17, 15) is 4.79 Å². The van der Waals surface area contributed by atoms with Gasteiger partial charge < -0.3 is 10.6 Å². The average molecular weight is 258 g/mol. The fourth-order valence-corrected chi connectivity index (χ4v) is 2.32. The van der Waals surface area contributed by atoms with Gasteiger partial charge in [0.05, 0.1) is 6.54 Å². The van der Waals surface area contributed by atoms with E-state index in [1.807, 2.05) is 31.2 Å².